The molecule has 3 rings (SSSR count). The number of hydrogen-bond donors (Lipinski definition) is 0. The van der Waals surface area contributed by atoms with Crippen LogP contribution in [0.15, 0.2) is 60.7 Å². The minimum atomic E-state index is -4.50. The van der Waals surface area contributed by atoms with E-state index in [2.05, 4.69) is 0 Å². The molecule has 3 aromatic carbocycles. The highest BCUT2D eigenvalue weighted by atomic mass is 35.5. The molecule has 6 heteroatoms. The molecule has 0 aliphatic carbocycles. The second-order valence-corrected chi connectivity index (χ2v) is 6.94. The Hall–Kier alpha value is -1.68. The first kappa shape index (κ1) is 19.1. The molecule has 0 heterocycles. The highest BCUT2D eigenvalue weighted by Crippen LogP contribution is 2.41. The maximum Gasteiger partial charge on any atom is 0.399 e. The molecule has 0 saturated heterocycles. The Morgan fingerprint density at radius 3 is 2.12 bits per heavy atom. The molecule has 0 saturated carbocycles. The van der Waals surface area contributed by atoms with Crippen LogP contribution in [0.4, 0.5) is 13.2 Å². The average molecular weight is 416 g/mol. The number of rotatable bonds is 3. The summed E-state index contributed by atoms with van der Waals surface area (Å²) in [5.74, 6) is -1.85. The average Bonchev–Trinajstić information content (AvgIpc) is 2.58. The first-order valence-corrected chi connectivity index (χ1v) is 8.78. The van der Waals surface area contributed by atoms with Crippen molar-refractivity contribution in [2.24, 2.45) is 0 Å². The van der Waals surface area contributed by atoms with Gasteiger partial charge in [-0.1, -0.05) is 89.4 Å². The minimum Gasteiger partial charge on any atom is -0.170 e. The van der Waals surface area contributed by atoms with E-state index in [0.717, 1.165) is 16.8 Å². The summed E-state index contributed by atoms with van der Waals surface area (Å²) >= 11 is 17.6. The van der Waals surface area contributed by atoms with Gasteiger partial charge in [0, 0.05) is 0 Å². The predicted molar refractivity (Wildman–Crippen MR) is 103 cm³/mol. The summed E-state index contributed by atoms with van der Waals surface area (Å²) in [7, 11) is 0. The van der Waals surface area contributed by atoms with Gasteiger partial charge in [0.2, 0.25) is 0 Å². The highest BCUT2D eigenvalue weighted by molar-refractivity contribution is 6.48. The fourth-order valence-corrected chi connectivity index (χ4v) is 3.37. The molecule has 134 valence electrons. The first-order valence-electron chi connectivity index (χ1n) is 7.64. The van der Waals surface area contributed by atoms with Crippen LogP contribution >= 0.6 is 34.8 Å². The van der Waals surface area contributed by atoms with Crippen molar-refractivity contribution in [1.29, 1.82) is 0 Å². The van der Waals surface area contributed by atoms with E-state index < -0.39 is 12.1 Å². The van der Waals surface area contributed by atoms with E-state index in [-0.39, 0.29) is 20.6 Å². The molecule has 26 heavy (non-hydrogen) atoms. The van der Waals surface area contributed by atoms with Gasteiger partial charge in [0.1, 0.15) is 0 Å². The lowest BCUT2D eigenvalue weighted by atomic mass is 9.96. The Morgan fingerprint density at radius 2 is 1.46 bits per heavy atom. The maximum atomic E-state index is 13.6. The quantitative estimate of drug-likeness (QED) is 0.378. The van der Waals surface area contributed by atoms with Crippen LogP contribution in [0.3, 0.4) is 0 Å². The lowest BCUT2D eigenvalue weighted by molar-refractivity contribution is -0.139. The Kier molecular flexibility index (Phi) is 5.52. The van der Waals surface area contributed by atoms with Crippen molar-refractivity contribution in [3.63, 3.8) is 0 Å². The second kappa shape index (κ2) is 7.51. The Labute approximate surface area is 163 Å². The minimum absolute atomic E-state index is 0.0121. The molecule has 3 aromatic rings. The molecule has 0 aliphatic rings. The molecule has 0 nitrogen and oxygen atoms in total. The van der Waals surface area contributed by atoms with Crippen molar-refractivity contribution in [3.8, 4) is 0 Å². The van der Waals surface area contributed by atoms with Gasteiger partial charge < -0.3 is 0 Å². The Balaban J connectivity index is 2.06. The van der Waals surface area contributed by atoms with Crippen molar-refractivity contribution in [2.75, 3.05) is 0 Å². The molecule has 0 aliphatic heterocycles. The highest BCUT2D eigenvalue weighted by Gasteiger charge is 2.39. The van der Waals surface area contributed by atoms with E-state index in [0.29, 0.717) is 5.56 Å². The number of allylic oxidation sites excluding steroid dienone is 1. The lowest BCUT2D eigenvalue weighted by Crippen LogP contribution is -2.19. The second-order valence-electron chi connectivity index (χ2n) is 5.75. The van der Waals surface area contributed by atoms with E-state index >= 15 is 0 Å². The van der Waals surface area contributed by atoms with Crippen molar-refractivity contribution in [2.45, 2.75) is 12.1 Å². The maximum absolute atomic E-state index is 13.6. The predicted octanol–water partition coefficient (Wildman–Crippen LogP) is 8.16. The molecule has 1 unspecified atom stereocenters. The number of halogens is 6. The van der Waals surface area contributed by atoms with Gasteiger partial charge >= 0.3 is 6.18 Å². The van der Waals surface area contributed by atoms with Crippen LogP contribution in [0.1, 0.15) is 17.0 Å². The van der Waals surface area contributed by atoms with Gasteiger partial charge in [-0.05, 0) is 34.0 Å². The lowest BCUT2D eigenvalue weighted by Gasteiger charge is -2.18. The number of alkyl halides is 3. The van der Waals surface area contributed by atoms with Crippen LogP contribution in [-0.2, 0) is 0 Å². The summed E-state index contributed by atoms with van der Waals surface area (Å²) in [6.07, 6.45) is -1.92. The molecule has 0 N–H and O–H groups in total. The van der Waals surface area contributed by atoms with Crippen LogP contribution < -0.4 is 0 Å². The molecular weight excluding hydrogens is 404 g/mol. The van der Waals surface area contributed by atoms with Crippen LogP contribution in [-0.4, -0.2) is 6.18 Å². The number of hydrogen-bond acceptors (Lipinski definition) is 0. The van der Waals surface area contributed by atoms with Gasteiger partial charge in [0.05, 0.1) is 21.0 Å². The third-order valence-corrected chi connectivity index (χ3v) is 5.21. The van der Waals surface area contributed by atoms with Crippen LogP contribution in [0.5, 0.6) is 0 Å². The Morgan fingerprint density at radius 1 is 0.846 bits per heavy atom. The van der Waals surface area contributed by atoms with E-state index in [1.165, 1.54) is 18.2 Å². The third-order valence-electron chi connectivity index (χ3n) is 4.01. The summed E-state index contributed by atoms with van der Waals surface area (Å²) in [6.45, 7) is 0. The molecule has 0 bridgehead atoms. The fourth-order valence-electron chi connectivity index (χ4n) is 2.76. The van der Waals surface area contributed by atoms with Crippen LogP contribution in [0.2, 0.25) is 15.1 Å². The summed E-state index contributed by atoms with van der Waals surface area (Å²) in [6, 6.07) is 15.4. The molecule has 0 amide bonds. The summed E-state index contributed by atoms with van der Waals surface area (Å²) in [5.41, 5.74) is 0.636. The fraction of sp³-hybridized carbons (Fsp3) is 0.100. The molecule has 1 atom stereocenters. The van der Waals surface area contributed by atoms with Gasteiger partial charge in [-0.15, -0.1) is 0 Å². The van der Waals surface area contributed by atoms with E-state index in [4.69, 9.17) is 34.8 Å². The molecule has 0 fully saturated rings. The first-order chi connectivity index (χ1) is 12.3. The smallest absolute Gasteiger partial charge is 0.170 e. The molecular formula is C20H12Cl3F3. The van der Waals surface area contributed by atoms with Gasteiger partial charge in [-0.25, -0.2) is 0 Å². The molecule has 0 aromatic heterocycles. The van der Waals surface area contributed by atoms with E-state index in [1.807, 2.05) is 30.3 Å². The zero-order valence-electron chi connectivity index (χ0n) is 13.2. The monoisotopic (exact) mass is 414 g/mol. The van der Waals surface area contributed by atoms with Crippen molar-refractivity contribution in [3.05, 3.63) is 86.9 Å². The largest absolute Gasteiger partial charge is 0.399 e. The topological polar surface area (TPSA) is 0 Å². The standard InChI is InChI=1S/C20H12Cl3F3/c21-17-10-14(11-18(22)19(17)23)16(20(24,25)26)9-8-13-6-3-5-12-4-1-2-7-15(12)13/h1-11,16H. The number of benzene rings is 3. The normalized spacial score (nSPS) is 13.5. The Bertz CT molecular complexity index is 949. The summed E-state index contributed by atoms with van der Waals surface area (Å²) in [4.78, 5) is 0. The van der Waals surface area contributed by atoms with Crippen LogP contribution in [0, 0.1) is 0 Å². The SMILES string of the molecule is FC(F)(F)C(C=Cc1cccc2ccccc12)c1cc(Cl)c(Cl)c(Cl)c1. The third kappa shape index (κ3) is 4.01. The zero-order valence-corrected chi connectivity index (χ0v) is 15.5. The van der Waals surface area contributed by atoms with Gasteiger partial charge in [-0.2, -0.15) is 13.2 Å². The van der Waals surface area contributed by atoms with Gasteiger partial charge in [0.15, 0.2) is 0 Å². The summed E-state index contributed by atoms with van der Waals surface area (Å²) in [5, 5.41) is 1.84. The van der Waals surface area contributed by atoms with E-state index in [1.54, 1.807) is 12.1 Å². The van der Waals surface area contributed by atoms with Crippen LogP contribution in [0.25, 0.3) is 16.8 Å². The van der Waals surface area contributed by atoms with Crippen molar-refractivity contribution >= 4 is 51.7 Å². The molecule has 0 radical (unpaired) electrons. The van der Waals surface area contributed by atoms with Crippen molar-refractivity contribution in [1.82, 2.24) is 0 Å². The molecule has 0 spiro atoms. The van der Waals surface area contributed by atoms with Gasteiger partial charge in [0.25, 0.3) is 0 Å². The zero-order chi connectivity index (χ0) is 18.9. The number of fused-ring (bicyclic) bond motifs is 1. The van der Waals surface area contributed by atoms with Gasteiger partial charge in [-0.3, -0.25) is 0 Å². The van der Waals surface area contributed by atoms with E-state index in [9.17, 15) is 13.2 Å². The van der Waals surface area contributed by atoms with Crippen molar-refractivity contribution < 1.29 is 13.2 Å². The summed E-state index contributed by atoms with van der Waals surface area (Å²) < 4.78 is 40.8.